The lowest BCUT2D eigenvalue weighted by Gasteiger charge is -2.17. The van der Waals surface area contributed by atoms with Gasteiger partial charge in [-0.1, -0.05) is 24.6 Å². The van der Waals surface area contributed by atoms with E-state index in [-0.39, 0.29) is 30.2 Å². The highest BCUT2D eigenvalue weighted by Crippen LogP contribution is 2.26. The second-order valence-electron chi connectivity index (χ2n) is 9.40. The zero-order valence-corrected chi connectivity index (χ0v) is 22.3. The number of ether oxygens (including phenoxy) is 3. The third kappa shape index (κ3) is 6.99. The molecule has 1 aliphatic heterocycles. The van der Waals surface area contributed by atoms with Gasteiger partial charge in [0.15, 0.2) is 12.4 Å². The van der Waals surface area contributed by atoms with Crippen LogP contribution in [0.5, 0.6) is 5.75 Å². The maximum atomic E-state index is 12.6. The van der Waals surface area contributed by atoms with Crippen molar-refractivity contribution in [1.29, 1.82) is 0 Å². The van der Waals surface area contributed by atoms with Crippen LogP contribution in [0, 0.1) is 12.8 Å². The highest BCUT2D eigenvalue weighted by Gasteiger charge is 2.36. The third-order valence-corrected chi connectivity index (χ3v) is 6.33. The molecule has 1 atom stereocenters. The number of ketones is 1. The van der Waals surface area contributed by atoms with Crippen molar-refractivity contribution < 1.29 is 38.2 Å². The molecule has 0 N–H and O–H groups in total. The monoisotopic (exact) mass is 543 g/mol. The van der Waals surface area contributed by atoms with E-state index in [1.807, 2.05) is 26.0 Å². The summed E-state index contributed by atoms with van der Waals surface area (Å²) in [6.45, 7) is 3.76. The van der Waals surface area contributed by atoms with Crippen molar-refractivity contribution in [3.05, 3.63) is 95.1 Å². The minimum Gasteiger partial charge on any atom is -0.462 e. The Morgan fingerprint density at radius 1 is 0.800 bits per heavy atom. The van der Waals surface area contributed by atoms with E-state index >= 15 is 0 Å². The molecule has 0 saturated carbocycles. The first-order valence-electron chi connectivity index (χ1n) is 12.9. The van der Waals surface area contributed by atoms with Crippen LogP contribution in [-0.2, 0) is 19.1 Å². The quantitative estimate of drug-likeness (QED) is 0.208. The molecule has 0 aliphatic carbocycles. The second-order valence-corrected chi connectivity index (χ2v) is 9.40. The summed E-state index contributed by atoms with van der Waals surface area (Å²) in [6.07, 6.45) is 0.669. The number of rotatable bonds is 10. The Balaban J connectivity index is 1.27. The van der Waals surface area contributed by atoms with Crippen LogP contribution in [0.15, 0.2) is 72.8 Å². The molecule has 1 saturated heterocycles. The Kier molecular flexibility index (Phi) is 9.06. The molecule has 3 aromatic rings. The molecule has 1 aliphatic rings. The first-order chi connectivity index (χ1) is 19.2. The van der Waals surface area contributed by atoms with Gasteiger partial charge >= 0.3 is 17.9 Å². The molecule has 3 aromatic carbocycles. The number of nitrogens with zero attached hydrogens (tertiary/aromatic N) is 1. The maximum Gasteiger partial charge on any atom is 0.343 e. The van der Waals surface area contributed by atoms with Crippen LogP contribution in [0.2, 0.25) is 0 Å². The van der Waals surface area contributed by atoms with Crippen molar-refractivity contribution >= 4 is 35.3 Å². The van der Waals surface area contributed by atoms with E-state index < -0.39 is 36.2 Å². The van der Waals surface area contributed by atoms with Gasteiger partial charge in [-0.25, -0.2) is 9.59 Å². The molecule has 1 fully saturated rings. The van der Waals surface area contributed by atoms with Crippen LogP contribution >= 0.6 is 0 Å². The molecule has 0 bridgehead atoms. The molecule has 9 heteroatoms. The minimum absolute atomic E-state index is 0.0473. The molecule has 1 heterocycles. The summed E-state index contributed by atoms with van der Waals surface area (Å²) in [5, 5.41) is 0. The summed E-state index contributed by atoms with van der Waals surface area (Å²) in [7, 11) is 0. The first-order valence-corrected chi connectivity index (χ1v) is 12.9. The Bertz CT molecular complexity index is 1390. The lowest BCUT2D eigenvalue weighted by molar-refractivity contribution is -0.147. The fourth-order valence-corrected chi connectivity index (χ4v) is 4.07. The van der Waals surface area contributed by atoms with Crippen molar-refractivity contribution in [3.63, 3.8) is 0 Å². The van der Waals surface area contributed by atoms with Crippen LogP contribution in [0.1, 0.15) is 56.4 Å². The molecule has 9 nitrogen and oxygen atoms in total. The van der Waals surface area contributed by atoms with E-state index in [9.17, 15) is 24.0 Å². The standard InChI is InChI=1S/C31H29NO8/c1-3-16-38-29(35)22-8-12-25(13-9-22)32-18-24(17-28(32)34)30(36)39-19-27(33)21-10-14-26(15-11-21)40-31(37)23-6-4-20(2)5-7-23/h4-15,24H,3,16-19H2,1-2H3/t24-/m1/s1. The van der Waals surface area contributed by atoms with Crippen LogP contribution in [0.3, 0.4) is 0 Å². The minimum atomic E-state index is -0.724. The average Bonchev–Trinajstić information content (AvgIpc) is 3.36. The number of carbonyl (C=O) groups is 5. The van der Waals surface area contributed by atoms with Gasteiger partial charge in [0.1, 0.15) is 5.75 Å². The number of amides is 1. The number of Topliss-reactive ketones (excluding diaryl/α,β-unsaturated/α-hetero) is 1. The summed E-state index contributed by atoms with van der Waals surface area (Å²) in [4.78, 5) is 63.4. The van der Waals surface area contributed by atoms with Crippen LogP contribution in [-0.4, -0.2) is 49.4 Å². The van der Waals surface area contributed by atoms with Gasteiger partial charge in [0.2, 0.25) is 5.91 Å². The Morgan fingerprint density at radius 2 is 1.40 bits per heavy atom. The predicted molar refractivity (Wildman–Crippen MR) is 145 cm³/mol. The van der Waals surface area contributed by atoms with Crippen molar-refractivity contribution in [3.8, 4) is 5.75 Å². The largest absolute Gasteiger partial charge is 0.462 e. The Morgan fingerprint density at radius 3 is 2.05 bits per heavy atom. The van der Waals surface area contributed by atoms with Crippen LogP contribution in [0.25, 0.3) is 0 Å². The summed E-state index contributed by atoms with van der Waals surface area (Å²) < 4.78 is 15.7. The van der Waals surface area contributed by atoms with Crippen molar-refractivity contribution in [1.82, 2.24) is 0 Å². The molecular weight excluding hydrogens is 514 g/mol. The number of aryl methyl sites for hydroxylation is 1. The molecule has 4 rings (SSSR count). The smallest absolute Gasteiger partial charge is 0.343 e. The second kappa shape index (κ2) is 12.8. The number of benzene rings is 3. The van der Waals surface area contributed by atoms with Gasteiger partial charge in [0, 0.05) is 24.2 Å². The maximum absolute atomic E-state index is 12.6. The molecule has 0 spiro atoms. The molecule has 0 aromatic heterocycles. The predicted octanol–water partition coefficient (Wildman–Crippen LogP) is 4.56. The van der Waals surface area contributed by atoms with Gasteiger partial charge in [-0.05, 0) is 74.0 Å². The lowest BCUT2D eigenvalue weighted by Crippen LogP contribution is -2.27. The van der Waals surface area contributed by atoms with E-state index in [1.54, 1.807) is 36.4 Å². The number of hydrogen-bond donors (Lipinski definition) is 0. The molecule has 1 amide bonds. The van der Waals surface area contributed by atoms with E-state index in [1.165, 1.54) is 29.2 Å². The number of carbonyl (C=O) groups excluding carboxylic acids is 5. The SMILES string of the molecule is CCCOC(=O)c1ccc(N2C[C@H](C(=O)OCC(=O)c3ccc(OC(=O)c4ccc(C)cc4)cc3)CC2=O)cc1. The van der Waals surface area contributed by atoms with Crippen molar-refractivity contribution in [2.45, 2.75) is 26.7 Å². The topological polar surface area (TPSA) is 116 Å². The lowest BCUT2D eigenvalue weighted by atomic mass is 10.1. The molecule has 0 unspecified atom stereocenters. The summed E-state index contributed by atoms with van der Waals surface area (Å²) >= 11 is 0. The van der Waals surface area contributed by atoms with Gasteiger partial charge in [-0.15, -0.1) is 0 Å². The van der Waals surface area contributed by atoms with Gasteiger partial charge in [-0.2, -0.15) is 0 Å². The molecular formula is C31H29NO8. The van der Waals surface area contributed by atoms with E-state index in [2.05, 4.69) is 0 Å². The zero-order valence-electron chi connectivity index (χ0n) is 22.3. The van der Waals surface area contributed by atoms with Gasteiger partial charge < -0.3 is 19.1 Å². The highest BCUT2D eigenvalue weighted by atomic mass is 16.5. The van der Waals surface area contributed by atoms with E-state index in [0.29, 0.717) is 29.8 Å². The summed E-state index contributed by atoms with van der Waals surface area (Å²) in [5.74, 6) is -2.74. The number of hydrogen-bond acceptors (Lipinski definition) is 8. The Hall–Kier alpha value is -4.79. The average molecular weight is 544 g/mol. The van der Waals surface area contributed by atoms with Gasteiger partial charge in [0.25, 0.3) is 0 Å². The normalized spacial score (nSPS) is 14.5. The number of anilines is 1. The Labute approximate surface area is 231 Å². The fourth-order valence-electron chi connectivity index (χ4n) is 4.07. The number of esters is 3. The first kappa shape index (κ1) is 28.2. The molecule has 206 valence electrons. The molecule has 0 radical (unpaired) electrons. The van der Waals surface area contributed by atoms with E-state index in [4.69, 9.17) is 14.2 Å². The molecule has 40 heavy (non-hydrogen) atoms. The van der Waals surface area contributed by atoms with Crippen molar-refractivity contribution in [2.75, 3.05) is 24.7 Å². The third-order valence-electron chi connectivity index (χ3n) is 6.33. The van der Waals surface area contributed by atoms with Crippen LogP contribution < -0.4 is 9.64 Å². The summed E-state index contributed by atoms with van der Waals surface area (Å²) in [5.41, 5.74) is 2.63. The van der Waals surface area contributed by atoms with Crippen molar-refractivity contribution in [2.24, 2.45) is 5.92 Å². The summed E-state index contributed by atoms with van der Waals surface area (Å²) in [6, 6.07) is 19.3. The van der Waals surface area contributed by atoms with E-state index in [0.717, 1.165) is 5.56 Å². The highest BCUT2D eigenvalue weighted by molar-refractivity contribution is 6.01. The van der Waals surface area contributed by atoms with Gasteiger partial charge in [-0.3, -0.25) is 14.4 Å². The van der Waals surface area contributed by atoms with Crippen LogP contribution in [0.4, 0.5) is 5.69 Å². The zero-order chi connectivity index (χ0) is 28.6. The fraction of sp³-hybridized carbons (Fsp3) is 0.258. The van der Waals surface area contributed by atoms with Gasteiger partial charge in [0.05, 0.1) is 23.7 Å².